The first-order chi connectivity index (χ1) is 19.5. The van der Waals surface area contributed by atoms with Gasteiger partial charge in [-0.25, -0.2) is 9.48 Å². The predicted molar refractivity (Wildman–Crippen MR) is 161 cm³/mol. The summed E-state index contributed by atoms with van der Waals surface area (Å²) in [6, 6.07) is 30.4. The monoisotopic (exact) mass is 530 g/mol. The number of hydrogen-bond acceptors (Lipinski definition) is 3. The Morgan fingerprint density at radius 1 is 0.950 bits per heavy atom. The number of aryl methyl sites for hydroxylation is 2. The van der Waals surface area contributed by atoms with Crippen LogP contribution in [0, 0.1) is 6.92 Å². The molecule has 5 aromatic rings. The van der Waals surface area contributed by atoms with Crippen molar-refractivity contribution in [1.29, 1.82) is 0 Å². The minimum Gasteiger partial charge on any atom is -0.378 e. The molecule has 0 fully saturated rings. The van der Waals surface area contributed by atoms with Gasteiger partial charge >= 0.3 is 6.03 Å². The third-order valence-electron chi connectivity index (χ3n) is 7.71. The number of amides is 2. The zero-order valence-corrected chi connectivity index (χ0v) is 23.4. The third kappa shape index (κ3) is 4.43. The molecule has 0 aliphatic carbocycles. The number of nitrogens with one attached hydrogen (secondary N) is 1. The van der Waals surface area contributed by atoms with Crippen molar-refractivity contribution in [2.24, 2.45) is 0 Å². The predicted octanol–water partition coefficient (Wildman–Crippen LogP) is 6.74. The Labute approximate surface area is 235 Å². The van der Waals surface area contributed by atoms with Gasteiger partial charge in [-0.3, -0.25) is 0 Å². The van der Waals surface area contributed by atoms with E-state index in [1.165, 1.54) is 0 Å². The number of urea groups is 1. The summed E-state index contributed by atoms with van der Waals surface area (Å²) in [6.07, 6.45) is 2.91. The highest BCUT2D eigenvalue weighted by Crippen LogP contribution is 2.39. The summed E-state index contributed by atoms with van der Waals surface area (Å²) in [5.74, 6) is 0.961. The number of aromatic nitrogens is 3. The maximum absolute atomic E-state index is 14.2. The molecule has 0 spiro atoms. The van der Waals surface area contributed by atoms with Gasteiger partial charge in [0.15, 0.2) is 0 Å². The van der Waals surface area contributed by atoms with E-state index in [2.05, 4.69) is 76.4 Å². The molecule has 1 aliphatic rings. The van der Waals surface area contributed by atoms with Crippen molar-refractivity contribution in [3.05, 3.63) is 125 Å². The zero-order chi connectivity index (χ0) is 27.8. The molecule has 7 heteroatoms. The van der Waals surface area contributed by atoms with E-state index in [4.69, 9.17) is 5.10 Å². The Morgan fingerprint density at radius 3 is 2.40 bits per heavy atom. The van der Waals surface area contributed by atoms with Crippen molar-refractivity contribution in [2.75, 3.05) is 24.3 Å². The van der Waals surface area contributed by atoms with E-state index in [1.807, 2.05) is 73.1 Å². The smallest absolute Gasteiger partial charge is 0.322 e. The SMILES string of the molecule is CCc1ccccc1NC(=O)N1Cc2c(C)nn(-c3ccccc3)c2-n2cccc2[C@@H]1c1ccc(N(C)C)cc1. The molecule has 3 heterocycles. The molecule has 1 atom stereocenters. The van der Waals surface area contributed by atoms with E-state index in [0.29, 0.717) is 6.54 Å². The van der Waals surface area contributed by atoms with Gasteiger partial charge in [0.25, 0.3) is 0 Å². The van der Waals surface area contributed by atoms with Crippen molar-refractivity contribution < 1.29 is 4.79 Å². The number of rotatable bonds is 5. The Kier molecular flexibility index (Phi) is 6.64. The van der Waals surface area contributed by atoms with E-state index in [-0.39, 0.29) is 12.1 Å². The third-order valence-corrected chi connectivity index (χ3v) is 7.71. The summed E-state index contributed by atoms with van der Waals surface area (Å²) in [7, 11) is 4.07. The van der Waals surface area contributed by atoms with E-state index in [9.17, 15) is 4.79 Å². The second-order valence-electron chi connectivity index (χ2n) is 10.4. The van der Waals surface area contributed by atoms with Crippen LogP contribution in [0.15, 0.2) is 97.2 Å². The van der Waals surface area contributed by atoms with E-state index < -0.39 is 0 Å². The van der Waals surface area contributed by atoms with Gasteiger partial charge in [-0.2, -0.15) is 5.10 Å². The first kappa shape index (κ1) is 25.5. The Hall–Kier alpha value is -4.78. The highest BCUT2D eigenvalue weighted by atomic mass is 16.2. The molecule has 1 aliphatic heterocycles. The average molecular weight is 531 g/mol. The maximum atomic E-state index is 14.2. The Bertz CT molecular complexity index is 1650. The van der Waals surface area contributed by atoms with E-state index in [0.717, 1.165) is 57.4 Å². The molecule has 0 unspecified atom stereocenters. The molecule has 6 rings (SSSR count). The highest BCUT2D eigenvalue weighted by Gasteiger charge is 2.36. The number of carbonyl (C=O) groups excluding carboxylic acids is 1. The number of carbonyl (C=O) groups is 1. The van der Waals surface area contributed by atoms with Crippen LogP contribution < -0.4 is 10.2 Å². The van der Waals surface area contributed by atoms with Crippen LogP contribution in [0.25, 0.3) is 11.5 Å². The first-order valence-corrected chi connectivity index (χ1v) is 13.7. The molecule has 3 aromatic carbocycles. The number of fused-ring (bicyclic) bond motifs is 3. The molecule has 202 valence electrons. The minimum absolute atomic E-state index is 0.143. The van der Waals surface area contributed by atoms with Crippen LogP contribution in [0.1, 0.15) is 41.0 Å². The number of anilines is 2. The normalized spacial score (nSPS) is 14.3. The standard InChI is InChI=1S/C33H34N6O/c1-5-24-12-9-10-15-29(24)34-33(40)38-22-28-23(2)35-39(27-13-7-6-8-14-27)32(28)37-21-11-16-30(37)31(38)25-17-19-26(20-18-25)36(3)4/h6-21,31H,5,22H2,1-4H3,(H,34,40)/t31-/m0/s1. The second kappa shape index (κ2) is 10.4. The van der Waals surface area contributed by atoms with Crippen molar-refractivity contribution in [1.82, 2.24) is 19.2 Å². The lowest BCUT2D eigenvalue weighted by molar-refractivity contribution is 0.194. The number of nitrogens with zero attached hydrogens (tertiary/aromatic N) is 5. The van der Waals surface area contributed by atoms with Crippen molar-refractivity contribution in [2.45, 2.75) is 32.9 Å². The van der Waals surface area contributed by atoms with Crippen molar-refractivity contribution >= 4 is 17.4 Å². The number of para-hydroxylation sites is 2. The molecule has 0 saturated carbocycles. The summed E-state index contributed by atoms with van der Waals surface area (Å²) >= 11 is 0. The van der Waals surface area contributed by atoms with Gasteiger partial charge in [0.05, 0.1) is 29.7 Å². The first-order valence-electron chi connectivity index (χ1n) is 13.7. The van der Waals surface area contributed by atoms with Gasteiger partial charge in [0, 0.05) is 37.2 Å². The Morgan fingerprint density at radius 2 is 1.68 bits per heavy atom. The van der Waals surface area contributed by atoms with Crippen LogP contribution in [0.2, 0.25) is 0 Å². The molecule has 1 N–H and O–H groups in total. The maximum Gasteiger partial charge on any atom is 0.322 e. The fraction of sp³-hybridized carbons (Fsp3) is 0.212. The lowest BCUT2D eigenvalue weighted by Gasteiger charge is -2.31. The lowest BCUT2D eigenvalue weighted by atomic mass is 10.0. The fourth-order valence-corrected chi connectivity index (χ4v) is 5.59. The molecule has 0 radical (unpaired) electrons. The molecular weight excluding hydrogens is 496 g/mol. The van der Waals surface area contributed by atoms with Crippen LogP contribution in [0.4, 0.5) is 16.2 Å². The van der Waals surface area contributed by atoms with Gasteiger partial charge < -0.3 is 19.7 Å². The van der Waals surface area contributed by atoms with Crippen LogP contribution in [-0.4, -0.2) is 39.4 Å². The molecule has 0 saturated heterocycles. The van der Waals surface area contributed by atoms with Crippen LogP contribution in [0.5, 0.6) is 0 Å². The van der Waals surface area contributed by atoms with Gasteiger partial charge in [-0.05, 0) is 66.9 Å². The minimum atomic E-state index is -0.309. The molecule has 40 heavy (non-hydrogen) atoms. The molecule has 0 bridgehead atoms. The second-order valence-corrected chi connectivity index (χ2v) is 10.4. The number of hydrogen-bond donors (Lipinski definition) is 1. The fourth-order valence-electron chi connectivity index (χ4n) is 5.59. The lowest BCUT2D eigenvalue weighted by Crippen LogP contribution is -2.38. The van der Waals surface area contributed by atoms with Gasteiger partial charge in [-0.1, -0.05) is 55.5 Å². The van der Waals surface area contributed by atoms with Crippen LogP contribution >= 0.6 is 0 Å². The van der Waals surface area contributed by atoms with Gasteiger partial charge in [0.2, 0.25) is 0 Å². The summed E-state index contributed by atoms with van der Waals surface area (Å²) in [6.45, 7) is 4.54. The number of benzene rings is 3. The van der Waals surface area contributed by atoms with Crippen molar-refractivity contribution in [3.63, 3.8) is 0 Å². The summed E-state index contributed by atoms with van der Waals surface area (Å²) in [5, 5.41) is 8.19. The molecular formula is C33H34N6O. The topological polar surface area (TPSA) is 58.3 Å². The largest absolute Gasteiger partial charge is 0.378 e. The van der Waals surface area contributed by atoms with E-state index in [1.54, 1.807) is 0 Å². The van der Waals surface area contributed by atoms with Crippen LogP contribution in [0.3, 0.4) is 0 Å². The van der Waals surface area contributed by atoms with E-state index >= 15 is 0 Å². The van der Waals surface area contributed by atoms with Crippen LogP contribution in [-0.2, 0) is 13.0 Å². The summed E-state index contributed by atoms with van der Waals surface area (Å²) < 4.78 is 4.19. The molecule has 7 nitrogen and oxygen atoms in total. The summed E-state index contributed by atoms with van der Waals surface area (Å²) in [4.78, 5) is 18.3. The quantitative estimate of drug-likeness (QED) is 0.274. The molecule has 2 amide bonds. The zero-order valence-electron chi connectivity index (χ0n) is 23.4. The van der Waals surface area contributed by atoms with Gasteiger partial charge in [0.1, 0.15) is 5.82 Å². The average Bonchev–Trinajstić information content (AvgIpc) is 3.54. The van der Waals surface area contributed by atoms with Crippen molar-refractivity contribution in [3.8, 4) is 11.5 Å². The highest BCUT2D eigenvalue weighted by molar-refractivity contribution is 5.91. The summed E-state index contributed by atoms with van der Waals surface area (Å²) in [5.41, 5.74) is 8.01. The Balaban J connectivity index is 1.52. The van der Waals surface area contributed by atoms with Gasteiger partial charge in [-0.15, -0.1) is 0 Å². The molecule has 2 aromatic heterocycles.